The zero-order valence-electron chi connectivity index (χ0n) is 15.0. The maximum atomic E-state index is 12.2. The lowest BCUT2D eigenvalue weighted by Crippen LogP contribution is -2.43. The minimum Gasteiger partial charge on any atom is -0.496 e. The van der Waals surface area contributed by atoms with Gasteiger partial charge in [0.2, 0.25) is 11.7 Å². The number of hydrogen-bond acceptors (Lipinski definition) is 6. The van der Waals surface area contributed by atoms with E-state index in [1.807, 2.05) is 54.6 Å². The predicted molar refractivity (Wildman–Crippen MR) is 96.9 cm³/mol. The average Bonchev–Trinajstić information content (AvgIpc) is 3.20. The van der Waals surface area contributed by atoms with Crippen LogP contribution in [0.1, 0.15) is 23.6 Å². The van der Waals surface area contributed by atoms with Crippen LogP contribution in [-0.4, -0.2) is 41.7 Å². The van der Waals surface area contributed by atoms with Crippen LogP contribution in [0.5, 0.6) is 5.75 Å². The Kier molecular flexibility index (Phi) is 4.60. The van der Waals surface area contributed by atoms with Crippen LogP contribution >= 0.6 is 0 Å². The van der Waals surface area contributed by atoms with Crippen LogP contribution in [0.25, 0.3) is 11.4 Å². The number of ether oxygens (including phenoxy) is 2. The van der Waals surface area contributed by atoms with Crippen molar-refractivity contribution in [3.05, 3.63) is 66.1 Å². The summed E-state index contributed by atoms with van der Waals surface area (Å²) in [7, 11) is 3.35. The number of para-hydroxylation sites is 1. The number of carbonyl (C=O) groups is 1. The first-order chi connectivity index (χ1) is 13.2. The molecule has 0 spiro atoms. The maximum absolute atomic E-state index is 12.2. The molecule has 0 radical (unpaired) electrons. The molecule has 2 aromatic carbocycles. The summed E-state index contributed by atoms with van der Waals surface area (Å²) in [5.41, 5.74) is 1.67. The average molecular weight is 365 g/mol. The fourth-order valence-corrected chi connectivity index (χ4v) is 3.26. The Labute approximate surface area is 156 Å². The van der Waals surface area contributed by atoms with Gasteiger partial charge in [0, 0.05) is 7.05 Å². The van der Waals surface area contributed by atoms with Gasteiger partial charge < -0.3 is 18.9 Å². The van der Waals surface area contributed by atoms with Crippen molar-refractivity contribution in [2.24, 2.45) is 0 Å². The lowest BCUT2D eigenvalue weighted by Gasteiger charge is -2.37. The van der Waals surface area contributed by atoms with E-state index in [-0.39, 0.29) is 18.6 Å². The molecule has 7 nitrogen and oxygen atoms in total. The van der Waals surface area contributed by atoms with E-state index in [1.165, 1.54) is 0 Å². The van der Waals surface area contributed by atoms with Gasteiger partial charge in [-0.1, -0.05) is 47.6 Å². The summed E-state index contributed by atoms with van der Waals surface area (Å²) in [5.74, 6) is 1.30. The molecule has 1 saturated heterocycles. The number of carbonyl (C=O) groups excluding carboxylic acids is 1. The van der Waals surface area contributed by atoms with E-state index in [4.69, 9.17) is 14.0 Å². The van der Waals surface area contributed by atoms with Crippen molar-refractivity contribution < 1.29 is 18.8 Å². The Hall–Kier alpha value is -3.19. The zero-order chi connectivity index (χ0) is 18.8. The molecule has 1 aliphatic rings. The number of methoxy groups -OCH3 is 1. The van der Waals surface area contributed by atoms with Crippen LogP contribution < -0.4 is 4.74 Å². The largest absolute Gasteiger partial charge is 0.496 e. The van der Waals surface area contributed by atoms with Gasteiger partial charge in [-0.25, -0.2) is 0 Å². The van der Waals surface area contributed by atoms with Crippen LogP contribution in [0, 0.1) is 0 Å². The van der Waals surface area contributed by atoms with Crippen molar-refractivity contribution >= 4 is 5.91 Å². The van der Waals surface area contributed by atoms with Gasteiger partial charge in [0.15, 0.2) is 6.10 Å². The van der Waals surface area contributed by atoms with Gasteiger partial charge in [0.1, 0.15) is 12.4 Å². The molecule has 0 unspecified atom stereocenters. The van der Waals surface area contributed by atoms with Gasteiger partial charge in [-0.15, -0.1) is 0 Å². The summed E-state index contributed by atoms with van der Waals surface area (Å²) in [5, 5.41) is 4.09. The minimum absolute atomic E-state index is 0.0309. The smallest absolute Gasteiger partial charge is 0.258 e. The monoisotopic (exact) mass is 365 g/mol. The summed E-state index contributed by atoms with van der Waals surface area (Å²) < 4.78 is 16.7. The first-order valence-corrected chi connectivity index (χ1v) is 8.58. The second kappa shape index (κ2) is 7.20. The fraction of sp³-hybridized carbons (Fsp3) is 0.250. The van der Waals surface area contributed by atoms with Crippen molar-refractivity contribution in [1.82, 2.24) is 15.0 Å². The number of likely N-dealkylation sites (N-methyl/N-ethyl adjacent to an activating group) is 1. The van der Waals surface area contributed by atoms with E-state index >= 15 is 0 Å². The van der Waals surface area contributed by atoms with Crippen LogP contribution in [0.15, 0.2) is 59.1 Å². The highest BCUT2D eigenvalue weighted by Crippen LogP contribution is 2.39. The van der Waals surface area contributed by atoms with Crippen molar-refractivity contribution in [3.63, 3.8) is 0 Å². The Balaban J connectivity index is 1.71. The molecular formula is C20H19N3O4. The van der Waals surface area contributed by atoms with Crippen molar-refractivity contribution in [2.75, 3.05) is 20.8 Å². The number of amides is 1. The van der Waals surface area contributed by atoms with Crippen LogP contribution in [-0.2, 0) is 9.53 Å². The second-order valence-electron chi connectivity index (χ2n) is 6.25. The molecule has 7 heteroatoms. The van der Waals surface area contributed by atoms with E-state index in [9.17, 15) is 4.79 Å². The molecule has 1 fully saturated rings. The van der Waals surface area contributed by atoms with E-state index in [2.05, 4.69) is 10.1 Å². The first kappa shape index (κ1) is 17.2. The number of hydrogen-bond donors (Lipinski definition) is 0. The third kappa shape index (κ3) is 3.17. The molecule has 0 saturated carbocycles. The molecule has 0 N–H and O–H groups in total. The number of morpholine rings is 1. The lowest BCUT2D eigenvalue weighted by molar-refractivity contribution is -0.157. The molecule has 27 heavy (non-hydrogen) atoms. The Morgan fingerprint density at radius 1 is 1.11 bits per heavy atom. The van der Waals surface area contributed by atoms with Crippen molar-refractivity contribution in [3.8, 4) is 17.1 Å². The number of nitrogens with zero attached hydrogens (tertiary/aromatic N) is 3. The molecule has 1 aromatic heterocycles. The minimum atomic E-state index is -0.550. The lowest BCUT2D eigenvalue weighted by atomic mass is 9.98. The molecule has 2 heterocycles. The third-order valence-corrected chi connectivity index (χ3v) is 4.66. The van der Waals surface area contributed by atoms with E-state index in [0.717, 1.165) is 11.1 Å². The van der Waals surface area contributed by atoms with Crippen molar-refractivity contribution in [1.29, 1.82) is 0 Å². The summed E-state index contributed by atoms with van der Waals surface area (Å²) in [4.78, 5) is 18.4. The molecule has 1 aliphatic heterocycles. The van der Waals surface area contributed by atoms with Gasteiger partial charge in [0.25, 0.3) is 5.89 Å². The number of aromatic nitrogens is 2. The zero-order valence-corrected chi connectivity index (χ0v) is 15.0. The Morgan fingerprint density at radius 3 is 2.63 bits per heavy atom. The molecule has 3 aromatic rings. The van der Waals surface area contributed by atoms with Gasteiger partial charge in [-0.3, -0.25) is 4.79 Å². The highest BCUT2D eigenvalue weighted by atomic mass is 16.5. The number of rotatable bonds is 4. The van der Waals surface area contributed by atoms with Crippen LogP contribution in [0.2, 0.25) is 0 Å². The van der Waals surface area contributed by atoms with E-state index < -0.39 is 6.10 Å². The molecule has 4 rings (SSSR count). The van der Waals surface area contributed by atoms with Gasteiger partial charge in [-0.05, 0) is 17.7 Å². The summed E-state index contributed by atoms with van der Waals surface area (Å²) in [6.07, 6.45) is -0.550. The molecule has 0 aliphatic carbocycles. The molecule has 1 amide bonds. The molecule has 2 atom stereocenters. The quantitative estimate of drug-likeness (QED) is 0.707. The Morgan fingerprint density at radius 2 is 1.85 bits per heavy atom. The van der Waals surface area contributed by atoms with Crippen LogP contribution in [0.3, 0.4) is 0 Å². The van der Waals surface area contributed by atoms with Crippen molar-refractivity contribution in [2.45, 2.75) is 12.1 Å². The van der Waals surface area contributed by atoms with E-state index in [0.29, 0.717) is 17.5 Å². The summed E-state index contributed by atoms with van der Waals surface area (Å²) in [6.45, 7) is -0.0309. The Bertz CT molecular complexity index is 941. The SMILES string of the molecule is COc1ccccc1-c1noc([C@@H]2OCC(=O)N(C)[C@H]2c2ccccc2)n1. The van der Waals surface area contributed by atoms with E-state index in [1.54, 1.807) is 19.1 Å². The maximum Gasteiger partial charge on any atom is 0.258 e. The third-order valence-electron chi connectivity index (χ3n) is 4.66. The predicted octanol–water partition coefficient (Wildman–Crippen LogP) is 3.02. The topological polar surface area (TPSA) is 77.7 Å². The highest BCUT2D eigenvalue weighted by Gasteiger charge is 2.40. The van der Waals surface area contributed by atoms with Crippen LogP contribution in [0.4, 0.5) is 0 Å². The van der Waals surface area contributed by atoms with Gasteiger partial charge in [0.05, 0.1) is 18.7 Å². The van der Waals surface area contributed by atoms with Gasteiger partial charge in [-0.2, -0.15) is 4.98 Å². The number of benzene rings is 2. The first-order valence-electron chi connectivity index (χ1n) is 8.58. The molecular weight excluding hydrogens is 346 g/mol. The normalized spacial score (nSPS) is 19.9. The standard InChI is InChI=1S/C20H19N3O4/c1-23-16(24)12-26-18(17(23)13-8-4-3-5-9-13)20-21-19(22-27-20)14-10-6-7-11-15(14)25-2/h3-11,17-18H,12H2,1-2H3/t17-,18+/m0/s1. The summed E-state index contributed by atoms with van der Waals surface area (Å²) >= 11 is 0. The second-order valence-corrected chi connectivity index (χ2v) is 6.25. The summed E-state index contributed by atoms with van der Waals surface area (Å²) in [6, 6.07) is 16.8. The van der Waals surface area contributed by atoms with Gasteiger partial charge >= 0.3 is 0 Å². The molecule has 0 bridgehead atoms. The highest BCUT2D eigenvalue weighted by molar-refractivity contribution is 5.78. The fourth-order valence-electron chi connectivity index (χ4n) is 3.26. The molecule has 138 valence electrons.